The Morgan fingerprint density at radius 1 is 1.48 bits per heavy atom. The fourth-order valence-electron chi connectivity index (χ4n) is 3.42. The smallest absolute Gasteiger partial charge is 0.258 e. The average Bonchev–Trinajstić information content (AvgIpc) is 2.45. The summed E-state index contributed by atoms with van der Waals surface area (Å²) in [5.74, 6) is -0.648. The molecule has 1 amide bonds. The van der Waals surface area contributed by atoms with E-state index in [4.69, 9.17) is 4.74 Å². The van der Waals surface area contributed by atoms with Crippen LogP contribution >= 0.6 is 0 Å². The summed E-state index contributed by atoms with van der Waals surface area (Å²) in [6.45, 7) is 0.902. The monoisotopic (exact) mass is 292 g/mol. The molecule has 1 atom stereocenters. The summed E-state index contributed by atoms with van der Waals surface area (Å²) in [6.07, 6.45) is 5.39. The van der Waals surface area contributed by atoms with Crippen LogP contribution in [0.15, 0.2) is 18.2 Å². The largest absolute Gasteiger partial charge is 0.496 e. The normalized spacial score (nSPS) is 23.4. The minimum Gasteiger partial charge on any atom is -0.496 e. The number of methoxy groups -OCH3 is 1. The van der Waals surface area contributed by atoms with Crippen molar-refractivity contribution < 1.29 is 13.9 Å². The number of hydrogen-bond acceptors (Lipinski definition) is 3. The van der Waals surface area contributed by atoms with Crippen LogP contribution < -0.4 is 15.4 Å². The molecule has 0 aromatic heterocycles. The van der Waals surface area contributed by atoms with Crippen molar-refractivity contribution in [3.8, 4) is 5.75 Å². The van der Waals surface area contributed by atoms with Gasteiger partial charge in [0.2, 0.25) is 0 Å². The maximum atomic E-state index is 13.9. The fourth-order valence-corrected chi connectivity index (χ4v) is 3.42. The zero-order valence-corrected chi connectivity index (χ0v) is 12.2. The molecule has 1 heterocycles. The maximum absolute atomic E-state index is 13.9. The molecule has 2 N–H and O–H groups in total. The number of ether oxygens (including phenoxy) is 1. The van der Waals surface area contributed by atoms with Crippen LogP contribution in [0.3, 0.4) is 0 Å². The van der Waals surface area contributed by atoms with Crippen LogP contribution in [0, 0.1) is 5.82 Å². The van der Waals surface area contributed by atoms with Crippen LogP contribution in [-0.2, 0) is 0 Å². The number of carbonyl (C=O) groups is 1. The molecule has 21 heavy (non-hydrogen) atoms. The predicted molar refractivity (Wildman–Crippen MR) is 78.0 cm³/mol. The van der Waals surface area contributed by atoms with Crippen molar-refractivity contribution in [2.45, 2.75) is 43.7 Å². The second kappa shape index (κ2) is 5.64. The van der Waals surface area contributed by atoms with E-state index in [-0.39, 0.29) is 28.8 Å². The molecule has 1 unspecified atom stereocenters. The van der Waals surface area contributed by atoms with E-state index >= 15 is 0 Å². The Morgan fingerprint density at radius 3 is 2.95 bits per heavy atom. The summed E-state index contributed by atoms with van der Waals surface area (Å²) in [5, 5.41) is 6.53. The van der Waals surface area contributed by atoms with Crippen LogP contribution in [0.5, 0.6) is 5.75 Å². The van der Waals surface area contributed by atoms with E-state index < -0.39 is 5.82 Å². The van der Waals surface area contributed by atoms with Gasteiger partial charge < -0.3 is 15.4 Å². The molecule has 0 radical (unpaired) electrons. The van der Waals surface area contributed by atoms with Crippen molar-refractivity contribution in [2.24, 2.45) is 0 Å². The molecule has 1 aromatic carbocycles. The van der Waals surface area contributed by atoms with Gasteiger partial charge in [-0.3, -0.25) is 4.79 Å². The highest BCUT2D eigenvalue weighted by Crippen LogP contribution is 2.38. The van der Waals surface area contributed by atoms with E-state index in [9.17, 15) is 9.18 Å². The van der Waals surface area contributed by atoms with Gasteiger partial charge in [-0.15, -0.1) is 0 Å². The Bertz CT molecular complexity index is 543. The number of benzene rings is 1. The third-order valence-electron chi connectivity index (χ3n) is 4.70. The highest BCUT2D eigenvalue weighted by molar-refractivity contribution is 5.97. The molecular formula is C16H21FN2O2. The fraction of sp³-hybridized carbons (Fsp3) is 0.562. The van der Waals surface area contributed by atoms with E-state index in [0.29, 0.717) is 0 Å². The van der Waals surface area contributed by atoms with Gasteiger partial charge in [-0.05, 0) is 50.8 Å². The van der Waals surface area contributed by atoms with E-state index in [2.05, 4.69) is 10.6 Å². The van der Waals surface area contributed by atoms with Gasteiger partial charge in [0.15, 0.2) is 0 Å². The molecule has 1 aliphatic heterocycles. The van der Waals surface area contributed by atoms with E-state index in [1.165, 1.54) is 32.4 Å². The second-order valence-corrected chi connectivity index (χ2v) is 6.04. The lowest BCUT2D eigenvalue weighted by Gasteiger charge is -2.48. The van der Waals surface area contributed by atoms with Crippen molar-refractivity contribution in [1.82, 2.24) is 10.6 Å². The zero-order chi connectivity index (χ0) is 14.9. The number of hydrogen-bond donors (Lipinski definition) is 2. The molecule has 5 heteroatoms. The van der Waals surface area contributed by atoms with E-state index in [0.717, 1.165) is 19.4 Å². The first-order chi connectivity index (χ1) is 10.1. The van der Waals surface area contributed by atoms with Gasteiger partial charge >= 0.3 is 0 Å². The maximum Gasteiger partial charge on any atom is 0.258 e. The third-order valence-corrected chi connectivity index (χ3v) is 4.70. The van der Waals surface area contributed by atoms with Crippen molar-refractivity contribution in [3.05, 3.63) is 29.6 Å². The predicted octanol–water partition coefficient (Wildman–Crippen LogP) is 2.24. The molecule has 2 aliphatic rings. The van der Waals surface area contributed by atoms with Gasteiger partial charge in [-0.25, -0.2) is 4.39 Å². The molecule has 3 rings (SSSR count). The highest BCUT2D eigenvalue weighted by Gasteiger charge is 2.41. The van der Waals surface area contributed by atoms with Crippen LogP contribution in [0.4, 0.5) is 4.39 Å². The second-order valence-electron chi connectivity index (χ2n) is 6.04. The Kier molecular flexibility index (Phi) is 3.85. The number of halogens is 1. The van der Waals surface area contributed by atoms with Gasteiger partial charge in [0.05, 0.1) is 7.11 Å². The molecular weight excluding hydrogens is 271 g/mol. The molecule has 0 bridgehead atoms. The minimum absolute atomic E-state index is 0.00110. The number of nitrogens with one attached hydrogen (secondary N) is 2. The molecule has 1 aromatic rings. The first kappa shape index (κ1) is 14.3. The Balaban J connectivity index is 1.71. The van der Waals surface area contributed by atoms with Gasteiger partial charge in [0.1, 0.15) is 17.1 Å². The lowest BCUT2D eigenvalue weighted by Crippen LogP contribution is -2.59. The lowest BCUT2D eigenvalue weighted by molar-refractivity contribution is 0.0846. The molecule has 1 saturated heterocycles. The molecule has 114 valence electrons. The van der Waals surface area contributed by atoms with Crippen molar-refractivity contribution in [3.63, 3.8) is 0 Å². The summed E-state index contributed by atoms with van der Waals surface area (Å²) >= 11 is 0. The molecule has 1 saturated carbocycles. The van der Waals surface area contributed by atoms with Gasteiger partial charge in [0.25, 0.3) is 5.91 Å². The third kappa shape index (κ3) is 2.75. The van der Waals surface area contributed by atoms with Crippen LogP contribution in [0.2, 0.25) is 0 Å². The van der Waals surface area contributed by atoms with Crippen molar-refractivity contribution in [1.29, 1.82) is 0 Å². The Morgan fingerprint density at radius 2 is 2.29 bits per heavy atom. The minimum atomic E-state index is -0.542. The molecule has 4 nitrogen and oxygen atoms in total. The Labute approximate surface area is 124 Å². The Hall–Kier alpha value is -1.62. The summed E-state index contributed by atoms with van der Waals surface area (Å²) in [6, 6.07) is 4.53. The van der Waals surface area contributed by atoms with Crippen LogP contribution in [0.1, 0.15) is 42.5 Å². The first-order valence-electron chi connectivity index (χ1n) is 7.52. The topological polar surface area (TPSA) is 50.4 Å². The SMILES string of the molecule is COc1cccc(F)c1C(=O)NC1CCNC2(CCC2)C1. The standard InChI is InChI=1S/C16H21FN2O2/c1-21-13-5-2-4-12(17)14(13)15(20)19-11-6-9-18-16(10-11)7-3-8-16/h2,4-5,11,18H,3,6-10H2,1H3,(H,19,20). The summed E-state index contributed by atoms with van der Waals surface area (Å²) in [5.41, 5.74) is 0.205. The van der Waals surface area contributed by atoms with Crippen LogP contribution in [0.25, 0.3) is 0 Å². The molecule has 1 spiro atoms. The summed E-state index contributed by atoms with van der Waals surface area (Å²) in [4.78, 5) is 12.4. The number of rotatable bonds is 3. The number of piperidine rings is 1. The van der Waals surface area contributed by atoms with E-state index in [1.54, 1.807) is 12.1 Å². The average molecular weight is 292 g/mol. The molecule has 1 aliphatic carbocycles. The quantitative estimate of drug-likeness (QED) is 0.898. The zero-order valence-electron chi connectivity index (χ0n) is 12.2. The molecule has 2 fully saturated rings. The van der Waals surface area contributed by atoms with Crippen molar-refractivity contribution in [2.75, 3.05) is 13.7 Å². The van der Waals surface area contributed by atoms with E-state index in [1.807, 2.05) is 0 Å². The highest BCUT2D eigenvalue weighted by atomic mass is 19.1. The van der Waals surface area contributed by atoms with Gasteiger partial charge in [-0.1, -0.05) is 6.07 Å². The van der Waals surface area contributed by atoms with Crippen LogP contribution in [-0.4, -0.2) is 31.1 Å². The number of carbonyl (C=O) groups excluding carboxylic acids is 1. The first-order valence-corrected chi connectivity index (χ1v) is 7.52. The van der Waals surface area contributed by atoms with Crippen molar-refractivity contribution >= 4 is 5.91 Å². The van der Waals surface area contributed by atoms with Gasteiger partial charge in [-0.2, -0.15) is 0 Å². The lowest BCUT2D eigenvalue weighted by atomic mass is 9.70. The summed E-state index contributed by atoms with van der Waals surface area (Å²) in [7, 11) is 1.44. The number of amides is 1. The van der Waals surface area contributed by atoms with Gasteiger partial charge in [0, 0.05) is 11.6 Å². The summed E-state index contributed by atoms with van der Waals surface area (Å²) < 4.78 is 19.0.